The minimum atomic E-state index is -0.827. The van der Waals surface area contributed by atoms with E-state index in [4.69, 9.17) is 9.84 Å². The molecule has 1 saturated heterocycles. The summed E-state index contributed by atoms with van der Waals surface area (Å²) in [4.78, 5) is 24.8. The predicted molar refractivity (Wildman–Crippen MR) is 84.9 cm³/mol. The van der Waals surface area contributed by atoms with Crippen molar-refractivity contribution in [1.82, 2.24) is 10.2 Å². The number of hydrogen-bond donors (Lipinski definition) is 2. The number of carbonyl (C=O) groups excluding carboxylic acids is 1. The van der Waals surface area contributed by atoms with Crippen molar-refractivity contribution in [3.05, 3.63) is 0 Å². The number of carboxylic acids is 1. The van der Waals surface area contributed by atoms with Gasteiger partial charge in [-0.25, -0.2) is 4.79 Å². The van der Waals surface area contributed by atoms with E-state index in [2.05, 4.69) is 12.2 Å². The Kier molecular flexibility index (Phi) is 7.13. The van der Waals surface area contributed by atoms with E-state index in [0.29, 0.717) is 12.5 Å². The molecule has 2 N–H and O–H groups in total. The average molecular weight is 314 g/mol. The molecule has 0 radical (unpaired) electrons. The second-order valence-electron chi connectivity index (χ2n) is 7.17. The second-order valence-corrected chi connectivity index (χ2v) is 7.17. The first-order valence-electron chi connectivity index (χ1n) is 8.13. The van der Waals surface area contributed by atoms with Gasteiger partial charge in [-0.05, 0) is 39.5 Å². The van der Waals surface area contributed by atoms with E-state index in [1.807, 2.05) is 25.7 Å². The largest absolute Gasteiger partial charge is 0.480 e. The molecule has 0 spiro atoms. The molecule has 1 heterocycles. The van der Waals surface area contributed by atoms with Crippen LogP contribution in [0.2, 0.25) is 0 Å². The van der Waals surface area contributed by atoms with Crippen LogP contribution in [0.4, 0.5) is 4.79 Å². The van der Waals surface area contributed by atoms with Crippen molar-refractivity contribution in [2.24, 2.45) is 5.92 Å². The smallest absolute Gasteiger partial charge is 0.407 e. The van der Waals surface area contributed by atoms with Gasteiger partial charge in [0.05, 0.1) is 6.54 Å². The molecule has 22 heavy (non-hydrogen) atoms. The molecule has 128 valence electrons. The van der Waals surface area contributed by atoms with Gasteiger partial charge < -0.3 is 15.2 Å². The predicted octanol–water partition coefficient (Wildman–Crippen LogP) is 2.48. The minimum absolute atomic E-state index is 0.0229. The summed E-state index contributed by atoms with van der Waals surface area (Å²) in [6.45, 7) is 9.01. The van der Waals surface area contributed by atoms with Crippen LogP contribution in [0.25, 0.3) is 0 Å². The molecule has 1 aliphatic rings. The number of amides is 1. The van der Waals surface area contributed by atoms with Crippen molar-refractivity contribution in [3.63, 3.8) is 0 Å². The number of carboxylic acid groups (broad SMARTS) is 1. The summed E-state index contributed by atoms with van der Waals surface area (Å²) in [5, 5.41) is 11.9. The molecule has 0 bridgehead atoms. The van der Waals surface area contributed by atoms with E-state index >= 15 is 0 Å². The average Bonchev–Trinajstić information content (AvgIpc) is 2.32. The third-order valence-electron chi connectivity index (χ3n) is 3.66. The first-order chi connectivity index (χ1) is 10.2. The number of piperidine rings is 1. The third-order valence-corrected chi connectivity index (χ3v) is 3.66. The molecule has 6 nitrogen and oxygen atoms in total. The maximum absolute atomic E-state index is 11.9. The van der Waals surface area contributed by atoms with Gasteiger partial charge in [0, 0.05) is 19.1 Å². The molecule has 1 fully saturated rings. The zero-order valence-corrected chi connectivity index (χ0v) is 14.2. The monoisotopic (exact) mass is 314 g/mol. The zero-order chi connectivity index (χ0) is 16.8. The van der Waals surface area contributed by atoms with E-state index in [0.717, 1.165) is 32.2 Å². The summed E-state index contributed by atoms with van der Waals surface area (Å²) in [7, 11) is 0. The van der Waals surface area contributed by atoms with Gasteiger partial charge in [-0.15, -0.1) is 0 Å². The Hall–Kier alpha value is -1.30. The fourth-order valence-corrected chi connectivity index (χ4v) is 2.90. The van der Waals surface area contributed by atoms with Crippen molar-refractivity contribution in [2.75, 3.05) is 19.6 Å². The second kappa shape index (κ2) is 8.36. The first kappa shape index (κ1) is 18.7. The third kappa shape index (κ3) is 7.64. The Labute approximate surface area is 133 Å². The molecule has 1 rings (SSSR count). The molecule has 0 aromatic heterocycles. The van der Waals surface area contributed by atoms with Gasteiger partial charge in [-0.1, -0.05) is 19.8 Å². The fourth-order valence-electron chi connectivity index (χ4n) is 2.90. The number of nitrogens with zero attached hydrogens (tertiary/aromatic N) is 1. The van der Waals surface area contributed by atoms with Crippen LogP contribution in [0, 0.1) is 5.92 Å². The van der Waals surface area contributed by atoms with Gasteiger partial charge in [-0.3, -0.25) is 9.69 Å². The fraction of sp³-hybridized carbons (Fsp3) is 0.875. The lowest BCUT2D eigenvalue weighted by atomic mass is 9.90. The summed E-state index contributed by atoms with van der Waals surface area (Å²) < 4.78 is 5.29. The maximum atomic E-state index is 11.9. The Morgan fingerprint density at radius 1 is 1.32 bits per heavy atom. The standard InChI is InChI=1S/C16H30N2O4/c1-5-6-7-12-8-13(10-18(9-12)11-14(19)20)17-15(21)22-16(2,3)4/h12-13H,5-11H2,1-4H3,(H,17,21)(H,19,20). The van der Waals surface area contributed by atoms with E-state index in [1.54, 1.807) is 0 Å². The molecule has 0 aromatic rings. The molecule has 0 saturated carbocycles. The molecular weight excluding hydrogens is 284 g/mol. The number of ether oxygens (including phenoxy) is 1. The number of likely N-dealkylation sites (tertiary alicyclic amines) is 1. The lowest BCUT2D eigenvalue weighted by Crippen LogP contribution is -2.52. The normalized spacial score (nSPS) is 23.1. The Balaban J connectivity index is 2.58. The molecule has 1 amide bonds. The zero-order valence-electron chi connectivity index (χ0n) is 14.2. The van der Waals surface area contributed by atoms with Gasteiger partial charge in [0.15, 0.2) is 0 Å². The lowest BCUT2D eigenvalue weighted by molar-refractivity contribution is -0.138. The van der Waals surface area contributed by atoms with Crippen LogP contribution in [-0.4, -0.2) is 53.3 Å². The number of aliphatic carboxylic acids is 1. The number of carbonyl (C=O) groups is 2. The van der Waals surface area contributed by atoms with Crippen LogP contribution < -0.4 is 5.32 Å². The van der Waals surface area contributed by atoms with Crippen molar-refractivity contribution in [3.8, 4) is 0 Å². The quantitative estimate of drug-likeness (QED) is 0.787. The van der Waals surface area contributed by atoms with Gasteiger partial charge in [-0.2, -0.15) is 0 Å². The molecule has 1 aliphatic heterocycles. The van der Waals surface area contributed by atoms with Crippen LogP contribution in [-0.2, 0) is 9.53 Å². The van der Waals surface area contributed by atoms with Crippen LogP contribution in [0.1, 0.15) is 53.4 Å². The summed E-state index contributed by atoms with van der Waals surface area (Å²) in [5.41, 5.74) is -0.527. The van der Waals surface area contributed by atoms with Crippen molar-refractivity contribution in [1.29, 1.82) is 0 Å². The summed E-state index contributed by atoms with van der Waals surface area (Å²) in [6.07, 6.45) is 3.78. The van der Waals surface area contributed by atoms with Crippen molar-refractivity contribution >= 4 is 12.1 Å². The highest BCUT2D eigenvalue weighted by atomic mass is 16.6. The maximum Gasteiger partial charge on any atom is 0.407 e. The topological polar surface area (TPSA) is 78.9 Å². The van der Waals surface area contributed by atoms with Gasteiger partial charge >= 0.3 is 12.1 Å². The number of hydrogen-bond acceptors (Lipinski definition) is 4. The van der Waals surface area contributed by atoms with Crippen LogP contribution in [0.5, 0.6) is 0 Å². The molecule has 0 aromatic carbocycles. The first-order valence-corrected chi connectivity index (χ1v) is 8.13. The number of nitrogens with one attached hydrogen (secondary N) is 1. The Bertz CT molecular complexity index is 379. The van der Waals surface area contributed by atoms with E-state index < -0.39 is 17.7 Å². The summed E-state index contributed by atoms with van der Waals surface area (Å²) in [5.74, 6) is -0.403. The highest BCUT2D eigenvalue weighted by Crippen LogP contribution is 2.22. The molecular formula is C16H30N2O4. The summed E-state index contributed by atoms with van der Waals surface area (Å²) in [6, 6.07) is -0.0511. The Morgan fingerprint density at radius 2 is 2.00 bits per heavy atom. The Morgan fingerprint density at radius 3 is 2.55 bits per heavy atom. The molecule has 0 aliphatic carbocycles. The lowest BCUT2D eigenvalue weighted by Gasteiger charge is -2.37. The van der Waals surface area contributed by atoms with Crippen LogP contribution in [0.15, 0.2) is 0 Å². The SMILES string of the molecule is CCCCC1CC(NC(=O)OC(C)(C)C)CN(CC(=O)O)C1. The molecule has 2 unspecified atom stereocenters. The number of unbranched alkanes of at least 4 members (excludes halogenated alkanes) is 1. The van der Waals surface area contributed by atoms with E-state index in [-0.39, 0.29) is 12.6 Å². The van der Waals surface area contributed by atoms with Crippen molar-refractivity contribution < 1.29 is 19.4 Å². The van der Waals surface area contributed by atoms with Gasteiger partial charge in [0.2, 0.25) is 0 Å². The summed E-state index contributed by atoms with van der Waals surface area (Å²) >= 11 is 0. The van der Waals surface area contributed by atoms with Crippen molar-refractivity contribution in [2.45, 2.75) is 65.0 Å². The molecule has 6 heteroatoms. The van der Waals surface area contributed by atoms with Crippen LogP contribution in [0.3, 0.4) is 0 Å². The highest BCUT2D eigenvalue weighted by Gasteiger charge is 2.30. The highest BCUT2D eigenvalue weighted by molar-refractivity contribution is 5.69. The van der Waals surface area contributed by atoms with E-state index in [1.165, 1.54) is 0 Å². The minimum Gasteiger partial charge on any atom is -0.480 e. The number of alkyl carbamates (subject to hydrolysis) is 1. The number of rotatable bonds is 6. The van der Waals surface area contributed by atoms with E-state index in [9.17, 15) is 9.59 Å². The molecule has 2 atom stereocenters. The van der Waals surface area contributed by atoms with Crippen LogP contribution >= 0.6 is 0 Å². The van der Waals surface area contributed by atoms with Gasteiger partial charge in [0.1, 0.15) is 5.60 Å². The van der Waals surface area contributed by atoms with Gasteiger partial charge in [0.25, 0.3) is 0 Å².